The minimum absolute atomic E-state index is 0.0901. The first-order valence-corrected chi connectivity index (χ1v) is 6.23. The van der Waals surface area contributed by atoms with E-state index in [-0.39, 0.29) is 13.0 Å². The van der Waals surface area contributed by atoms with Crippen LogP contribution in [0.2, 0.25) is 5.02 Å². The number of benzene rings is 1. The van der Waals surface area contributed by atoms with Crippen molar-refractivity contribution in [2.75, 3.05) is 6.54 Å². The molecule has 1 aromatic rings. The van der Waals surface area contributed by atoms with Crippen LogP contribution in [0.15, 0.2) is 24.3 Å². The number of nitrogens with one attached hydrogen (secondary N) is 2. The Balaban J connectivity index is 2.59. The van der Waals surface area contributed by atoms with Gasteiger partial charge in [-0.3, -0.25) is 4.79 Å². The third kappa shape index (κ3) is 5.18. The van der Waals surface area contributed by atoms with Gasteiger partial charge < -0.3 is 15.7 Å². The average molecular weight is 285 g/mol. The second kappa shape index (κ2) is 6.43. The average Bonchev–Trinajstić information content (AvgIpc) is 2.27. The van der Waals surface area contributed by atoms with Gasteiger partial charge in [0.1, 0.15) is 0 Å². The highest BCUT2D eigenvalue weighted by atomic mass is 35.5. The number of amides is 2. The van der Waals surface area contributed by atoms with Gasteiger partial charge in [-0.2, -0.15) is 0 Å². The Kier molecular flexibility index (Phi) is 5.18. The number of halogens is 1. The van der Waals surface area contributed by atoms with Crippen LogP contribution in [0.1, 0.15) is 25.8 Å². The minimum atomic E-state index is -0.950. The van der Waals surface area contributed by atoms with Crippen molar-refractivity contribution in [2.45, 2.75) is 25.8 Å². The van der Waals surface area contributed by atoms with Crippen LogP contribution in [0.4, 0.5) is 4.79 Å². The van der Waals surface area contributed by atoms with E-state index in [2.05, 4.69) is 10.6 Å². The summed E-state index contributed by atoms with van der Waals surface area (Å²) < 4.78 is 0. The van der Waals surface area contributed by atoms with Crippen LogP contribution >= 0.6 is 11.6 Å². The lowest BCUT2D eigenvalue weighted by Gasteiger charge is -2.27. The maximum atomic E-state index is 11.7. The highest BCUT2D eigenvalue weighted by molar-refractivity contribution is 6.30. The van der Waals surface area contributed by atoms with Gasteiger partial charge in [0.25, 0.3) is 0 Å². The van der Waals surface area contributed by atoms with Crippen molar-refractivity contribution in [3.63, 3.8) is 0 Å². The topological polar surface area (TPSA) is 78.4 Å². The van der Waals surface area contributed by atoms with Gasteiger partial charge in [0.05, 0.1) is 12.0 Å². The number of rotatable bonds is 5. The molecule has 3 N–H and O–H groups in total. The van der Waals surface area contributed by atoms with E-state index in [9.17, 15) is 9.59 Å². The molecule has 104 valence electrons. The Morgan fingerprint density at radius 3 is 2.63 bits per heavy atom. The van der Waals surface area contributed by atoms with Gasteiger partial charge in [-0.25, -0.2) is 4.79 Å². The van der Waals surface area contributed by atoms with Crippen molar-refractivity contribution in [1.29, 1.82) is 0 Å². The molecule has 0 saturated heterocycles. The monoisotopic (exact) mass is 284 g/mol. The Morgan fingerprint density at radius 1 is 1.37 bits per heavy atom. The Bertz CT molecular complexity index is 475. The van der Waals surface area contributed by atoms with E-state index >= 15 is 0 Å². The molecule has 0 heterocycles. The van der Waals surface area contributed by atoms with Gasteiger partial charge in [0, 0.05) is 11.6 Å². The smallest absolute Gasteiger partial charge is 0.315 e. The van der Waals surface area contributed by atoms with E-state index in [4.69, 9.17) is 16.7 Å². The first kappa shape index (κ1) is 15.3. The first-order valence-electron chi connectivity index (χ1n) is 5.85. The highest BCUT2D eigenvalue weighted by Crippen LogP contribution is 2.22. The number of urea groups is 1. The Morgan fingerprint density at radius 2 is 2.05 bits per heavy atom. The summed E-state index contributed by atoms with van der Waals surface area (Å²) in [6.07, 6.45) is -0.106. The molecular weight excluding hydrogens is 268 g/mol. The standard InChI is InChI=1S/C13H17ClN2O3/c1-13(2,9-4-3-5-10(14)8-9)16-12(19)15-7-6-11(17)18/h3-5,8H,6-7H2,1-2H3,(H,17,18)(H2,15,16,19). The summed E-state index contributed by atoms with van der Waals surface area (Å²) in [4.78, 5) is 22.0. The SMILES string of the molecule is CC(C)(NC(=O)NCCC(=O)O)c1cccc(Cl)c1. The second-order valence-corrected chi connectivity index (χ2v) is 5.10. The highest BCUT2D eigenvalue weighted by Gasteiger charge is 2.22. The van der Waals surface area contributed by atoms with Crippen LogP contribution in [0.25, 0.3) is 0 Å². The van der Waals surface area contributed by atoms with Gasteiger partial charge in [-0.15, -0.1) is 0 Å². The maximum absolute atomic E-state index is 11.7. The van der Waals surface area contributed by atoms with Gasteiger partial charge in [-0.1, -0.05) is 23.7 Å². The molecule has 0 atom stereocenters. The number of carbonyl (C=O) groups is 2. The fourth-order valence-electron chi connectivity index (χ4n) is 1.56. The summed E-state index contributed by atoms with van der Waals surface area (Å²) in [6, 6.07) is 6.80. The van der Waals surface area contributed by atoms with Crippen LogP contribution in [-0.2, 0) is 10.3 Å². The van der Waals surface area contributed by atoms with E-state index in [0.717, 1.165) is 5.56 Å². The molecule has 5 nitrogen and oxygen atoms in total. The fraction of sp³-hybridized carbons (Fsp3) is 0.385. The van der Waals surface area contributed by atoms with Crippen molar-refractivity contribution in [3.8, 4) is 0 Å². The van der Waals surface area contributed by atoms with E-state index in [0.29, 0.717) is 5.02 Å². The minimum Gasteiger partial charge on any atom is -0.481 e. The van der Waals surface area contributed by atoms with E-state index in [1.165, 1.54) is 0 Å². The zero-order chi connectivity index (χ0) is 14.5. The predicted octanol–water partition coefficient (Wildman–Crippen LogP) is 2.35. The van der Waals surface area contributed by atoms with Crippen molar-refractivity contribution in [1.82, 2.24) is 10.6 Å². The summed E-state index contributed by atoms with van der Waals surface area (Å²) in [5.41, 5.74) is 0.270. The number of carboxylic acids is 1. The lowest BCUT2D eigenvalue weighted by Crippen LogP contribution is -2.46. The van der Waals surface area contributed by atoms with Crippen molar-refractivity contribution >= 4 is 23.6 Å². The van der Waals surface area contributed by atoms with Crippen molar-refractivity contribution in [3.05, 3.63) is 34.9 Å². The molecule has 19 heavy (non-hydrogen) atoms. The zero-order valence-corrected chi connectivity index (χ0v) is 11.6. The zero-order valence-electron chi connectivity index (χ0n) is 10.9. The third-order valence-corrected chi connectivity index (χ3v) is 2.83. The van der Waals surface area contributed by atoms with E-state index < -0.39 is 17.5 Å². The molecule has 2 amide bonds. The second-order valence-electron chi connectivity index (χ2n) is 4.66. The van der Waals surface area contributed by atoms with Gasteiger partial charge in [0.2, 0.25) is 0 Å². The molecule has 1 aromatic carbocycles. The quantitative estimate of drug-likeness (QED) is 0.776. The van der Waals surface area contributed by atoms with Crippen LogP contribution in [-0.4, -0.2) is 23.7 Å². The lowest BCUT2D eigenvalue weighted by atomic mass is 9.94. The van der Waals surface area contributed by atoms with E-state index in [1.54, 1.807) is 12.1 Å². The molecule has 1 rings (SSSR count). The largest absolute Gasteiger partial charge is 0.481 e. The van der Waals surface area contributed by atoms with Crippen LogP contribution in [0.3, 0.4) is 0 Å². The molecular formula is C13H17ClN2O3. The number of hydrogen-bond acceptors (Lipinski definition) is 2. The van der Waals surface area contributed by atoms with E-state index in [1.807, 2.05) is 26.0 Å². The van der Waals surface area contributed by atoms with Crippen LogP contribution in [0.5, 0.6) is 0 Å². The van der Waals surface area contributed by atoms with Gasteiger partial charge in [-0.05, 0) is 31.5 Å². The summed E-state index contributed by atoms with van der Waals surface area (Å²) in [7, 11) is 0. The fourth-order valence-corrected chi connectivity index (χ4v) is 1.75. The predicted molar refractivity (Wildman–Crippen MR) is 73.3 cm³/mol. The number of carbonyl (C=O) groups excluding carboxylic acids is 1. The molecule has 0 aromatic heterocycles. The number of hydrogen-bond donors (Lipinski definition) is 3. The number of carboxylic acid groups (broad SMARTS) is 1. The number of aliphatic carboxylic acids is 1. The van der Waals surface area contributed by atoms with Crippen molar-refractivity contribution < 1.29 is 14.7 Å². The normalized spacial score (nSPS) is 10.9. The van der Waals surface area contributed by atoms with Crippen LogP contribution in [0, 0.1) is 0 Å². The van der Waals surface area contributed by atoms with Crippen molar-refractivity contribution in [2.24, 2.45) is 0 Å². The summed E-state index contributed by atoms with van der Waals surface area (Å²) in [5.74, 6) is -0.950. The summed E-state index contributed by atoms with van der Waals surface area (Å²) >= 11 is 5.91. The molecule has 0 radical (unpaired) electrons. The maximum Gasteiger partial charge on any atom is 0.315 e. The molecule has 6 heteroatoms. The molecule has 0 spiro atoms. The molecule has 0 saturated carbocycles. The van der Waals surface area contributed by atoms with Gasteiger partial charge >= 0.3 is 12.0 Å². The third-order valence-electron chi connectivity index (χ3n) is 2.60. The molecule has 0 unspecified atom stereocenters. The Hall–Kier alpha value is -1.75. The first-order chi connectivity index (χ1) is 8.81. The van der Waals surface area contributed by atoms with Crippen LogP contribution < -0.4 is 10.6 Å². The molecule has 0 aliphatic carbocycles. The molecule has 0 aliphatic heterocycles. The summed E-state index contributed by atoms with van der Waals surface area (Å²) in [5, 5.41) is 14.3. The molecule has 0 fully saturated rings. The Labute approximate surface area is 117 Å². The molecule has 0 bridgehead atoms. The van der Waals surface area contributed by atoms with Gasteiger partial charge in [0.15, 0.2) is 0 Å². The summed E-state index contributed by atoms with van der Waals surface area (Å²) in [6.45, 7) is 3.78. The molecule has 0 aliphatic rings. The lowest BCUT2D eigenvalue weighted by molar-refractivity contribution is -0.136.